The molecule has 1 N–H and O–H groups in total. The van der Waals surface area contributed by atoms with Gasteiger partial charge in [0.15, 0.2) is 9.84 Å². The van der Waals surface area contributed by atoms with Gasteiger partial charge in [-0.3, -0.25) is 0 Å². The minimum Gasteiger partial charge on any atom is -0.372 e. The summed E-state index contributed by atoms with van der Waals surface area (Å²) in [6, 6.07) is 5.93. The number of urea groups is 1. The summed E-state index contributed by atoms with van der Waals surface area (Å²) in [7, 11) is -3.22. The third-order valence-electron chi connectivity index (χ3n) is 3.24. The van der Waals surface area contributed by atoms with Gasteiger partial charge in [-0.05, 0) is 38.1 Å². The van der Waals surface area contributed by atoms with E-state index in [0.29, 0.717) is 18.8 Å². The van der Waals surface area contributed by atoms with Crippen molar-refractivity contribution < 1.29 is 17.9 Å². The fourth-order valence-electron chi connectivity index (χ4n) is 2.33. The van der Waals surface area contributed by atoms with Gasteiger partial charge in [-0.25, -0.2) is 13.2 Å². The van der Waals surface area contributed by atoms with Crippen LogP contribution in [0.25, 0.3) is 0 Å². The summed E-state index contributed by atoms with van der Waals surface area (Å²) < 4.78 is 28.3. The predicted octanol–water partition coefficient (Wildman–Crippen LogP) is 1.73. The quantitative estimate of drug-likeness (QED) is 0.902. The zero-order chi connectivity index (χ0) is 15.6. The smallest absolute Gasteiger partial charge is 0.322 e. The van der Waals surface area contributed by atoms with Gasteiger partial charge < -0.3 is 15.0 Å². The summed E-state index contributed by atoms with van der Waals surface area (Å²) in [6.07, 6.45) is 1.16. The molecular formula is C14H20N2O4S. The summed E-state index contributed by atoms with van der Waals surface area (Å²) in [4.78, 5) is 14.1. The Morgan fingerprint density at radius 1 is 1.19 bits per heavy atom. The maximum atomic E-state index is 12.2. The SMILES string of the molecule is C[C@@H]1CN(C(=O)Nc2ccc(S(C)(=O)=O)cc2)C[C@@H](C)O1. The highest BCUT2D eigenvalue weighted by molar-refractivity contribution is 7.90. The number of benzene rings is 1. The molecule has 0 spiro atoms. The van der Waals surface area contributed by atoms with Gasteiger partial charge in [0.25, 0.3) is 0 Å². The van der Waals surface area contributed by atoms with Crippen molar-refractivity contribution in [3.8, 4) is 0 Å². The van der Waals surface area contributed by atoms with E-state index in [1.807, 2.05) is 13.8 Å². The van der Waals surface area contributed by atoms with Gasteiger partial charge >= 0.3 is 6.03 Å². The molecule has 1 aromatic carbocycles. The van der Waals surface area contributed by atoms with Crippen LogP contribution in [0.4, 0.5) is 10.5 Å². The van der Waals surface area contributed by atoms with E-state index in [-0.39, 0.29) is 23.1 Å². The lowest BCUT2D eigenvalue weighted by atomic mass is 10.2. The minimum atomic E-state index is -3.22. The van der Waals surface area contributed by atoms with Crippen molar-refractivity contribution in [2.75, 3.05) is 24.7 Å². The molecule has 7 heteroatoms. The number of anilines is 1. The average Bonchev–Trinajstić information content (AvgIpc) is 2.37. The topological polar surface area (TPSA) is 75.7 Å². The van der Waals surface area contributed by atoms with E-state index in [0.717, 1.165) is 6.26 Å². The molecule has 0 unspecified atom stereocenters. The maximum absolute atomic E-state index is 12.2. The van der Waals surface area contributed by atoms with Gasteiger partial charge in [-0.15, -0.1) is 0 Å². The second-order valence-electron chi connectivity index (χ2n) is 5.39. The predicted molar refractivity (Wildman–Crippen MR) is 80.2 cm³/mol. The van der Waals surface area contributed by atoms with Crippen molar-refractivity contribution >= 4 is 21.6 Å². The molecule has 1 heterocycles. The van der Waals surface area contributed by atoms with Gasteiger partial charge in [0.05, 0.1) is 17.1 Å². The first kappa shape index (κ1) is 15.8. The molecule has 1 saturated heterocycles. The molecule has 0 radical (unpaired) electrons. The van der Waals surface area contributed by atoms with Crippen LogP contribution in [-0.2, 0) is 14.6 Å². The van der Waals surface area contributed by atoms with Crippen molar-refractivity contribution in [1.29, 1.82) is 0 Å². The van der Waals surface area contributed by atoms with E-state index in [1.165, 1.54) is 12.1 Å². The number of nitrogens with one attached hydrogen (secondary N) is 1. The third kappa shape index (κ3) is 4.18. The minimum absolute atomic E-state index is 0.00658. The molecule has 6 nitrogen and oxygen atoms in total. The first-order chi connectivity index (χ1) is 9.75. The van der Waals surface area contributed by atoms with Crippen LogP contribution >= 0.6 is 0 Å². The molecule has 0 aliphatic carbocycles. The van der Waals surface area contributed by atoms with Gasteiger partial charge in [0.1, 0.15) is 0 Å². The molecule has 0 aromatic heterocycles. The molecule has 0 saturated carbocycles. The summed E-state index contributed by atoms with van der Waals surface area (Å²) in [5.74, 6) is 0. The van der Waals surface area contributed by atoms with E-state index in [1.54, 1.807) is 17.0 Å². The number of hydrogen-bond donors (Lipinski definition) is 1. The standard InChI is InChI=1S/C14H20N2O4S/c1-10-8-16(9-11(2)20-10)14(17)15-12-4-6-13(7-5-12)21(3,18)19/h4-7,10-11H,8-9H2,1-3H3,(H,15,17)/t10-,11-/m1/s1. The molecule has 2 atom stereocenters. The van der Waals surface area contributed by atoms with Crippen molar-refractivity contribution in [2.24, 2.45) is 0 Å². The molecule has 2 amide bonds. The Morgan fingerprint density at radius 2 is 1.71 bits per heavy atom. The van der Waals surface area contributed by atoms with Crippen LogP contribution in [0.15, 0.2) is 29.2 Å². The number of carbonyl (C=O) groups excluding carboxylic acids is 1. The van der Waals surface area contributed by atoms with E-state index in [2.05, 4.69) is 5.32 Å². The maximum Gasteiger partial charge on any atom is 0.322 e. The molecule has 1 aliphatic rings. The Hall–Kier alpha value is -1.60. The van der Waals surface area contributed by atoms with E-state index >= 15 is 0 Å². The fraction of sp³-hybridized carbons (Fsp3) is 0.500. The van der Waals surface area contributed by atoms with Crippen LogP contribution in [0.2, 0.25) is 0 Å². The Labute approximate surface area is 125 Å². The van der Waals surface area contributed by atoms with Gasteiger partial charge in [-0.2, -0.15) is 0 Å². The Kier molecular flexibility index (Phi) is 4.53. The number of amides is 2. The zero-order valence-electron chi connectivity index (χ0n) is 12.4. The Bertz CT molecular complexity index is 602. The Morgan fingerprint density at radius 3 is 2.19 bits per heavy atom. The van der Waals surface area contributed by atoms with Crippen LogP contribution < -0.4 is 5.32 Å². The number of morpholine rings is 1. The van der Waals surface area contributed by atoms with Crippen LogP contribution in [-0.4, -0.2) is 50.9 Å². The molecule has 1 aliphatic heterocycles. The average molecular weight is 312 g/mol. The summed E-state index contributed by atoms with van der Waals surface area (Å²) in [5.41, 5.74) is 0.569. The second kappa shape index (κ2) is 6.03. The van der Waals surface area contributed by atoms with Gasteiger partial charge in [0, 0.05) is 25.0 Å². The lowest BCUT2D eigenvalue weighted by Crippen LogP contribution is -2.49. The fourth-order valence-corrected chi connectivity index (χ4v) is 2.96. The van der Waals surface area contributed by atoms with E-state index < -0.39 is 9.84 Å². The normalized spacial score (nSPS) is 22.9. The van der Waals surface area contributed by atoms with Crippen molar-refractivity contribution in [3.05, 3.63) is 24.3 Å². The number of hydrogen-bond acceptors (Lipinski definition) is 4. The van der Waals surface area contributed by atoms with E-state index in [9.17, 15) is 13.2 Å². The molecule has 1 aromatic rings. The highest BCUT2D eigenvalue weighted by atomic mass is 32.2. The second-order valence-corrected chi connectivity index (χ2v) is 7.40. The molecule has 0 bridgehead atoms. The van der Waals surface area contributed by atoms with Crippen LogP contribution in [0, 0.1) is 0 Å². The zero-order valence-corrected chi connectivity index (χ0v) is 13.2. The van der Waals surface area contributed by atoms with Crippen molar-refractivity contribution in [3.63, 3.8) is 0 Å². The number of sulfone groups is 1. The van der Waals surface area contributed by atoms with Crippen LogP contribution in [0.3, 0.4) is 0 Å². The number of rotatable bonds is 2. The summed E-state index contributed by atoms with van der Waals surface area (Å²) >= 11 is 0. The number of carbonyl (C=O) groups is 1. The van der Waals surface area contributed by atoms with Crippen molar-refractivity contribution in [2.45, 2.75) is 31.0 Å². The van der Waals surface area contributed by atoms with E-state index in [4.69, 9.17) is 4.74 Å². The largest absolute Gasteiger partial charge is 0.372 e. The number of ether oxygens (including phenoxy) is 1. The molecule has 116 valence electrons. The summed E-state index contributed by atoms with van der Waals surface area (Å²) in [5, 5.41) is 2.77. The number of nitrogens with zero attached hydrogens (tertiary/aromatic N) is 1. The lowest BCUT2D eigenvalue weighted by molar-refractivity contribution is -0.0530. The third-order valence-corrected chi connectivity index (χ3v) is 4.37. The van der Waals surface area contributed by atoms with Gasteiger partial charge in [0.2, 0.25) is 0 Å². The first-order valence-corrected chi connectivity index (χ1v) is 8.66. The molecule has 21 heavy (non-hydrogen) atoms. The van der Waals surface area contributed by atoms with Crippen LogP contribution in [0.1, 0.15) is 13.8 Å². The van der Waals surface area contributed by atoms with Gasteiger partial charge in [-0.1, -0.05) is 0 Å². The van der Waals surface area contributed by atoms with Crippen LogP contribution in [0.5, 0.6) is 0 Å². The monoisotopic (exact) mass is 312 g/mol. The molecule has 2 rings (SSSR count). The summed E-state index contributed by atoms with van der Waals surface area (Å²) in [6.45, 7) is 4.93. The van der Waals surface area contributed by atoms with Crippen molar-refractivity contribution in [1.82, 2.24) is 4.90 Å². The Balaban J connectivity index is 2.03. The highest BCUT2D eigenvalue weighted by Crippen LogP contribution is 2.16. The molecular weight excluding hydrogens is 292 g/mol. The highest BCUT2D eigenvalue weighted by Gasteiger charge is 2.25. The first-order valence-electron chi connectivity index (χ1n) is 6.77. The lowest BCUT2D eigenvalue weighted by Gasteiger charge is -2.35. The molecule has 1 fully saturated rings.